The molecule has 0 fully saturated rings. The van der Waals surface area contributed by atoms with Crippen molar-refractivity contribution in [2.24, 2.45) is 0 Å². The molecule has 1 aromatic carbocycles. The molecule has 0 unspecified atom stereocenters. The summed E-state index contributed by atoms with van der Waals surface area (Å²) in [6, 6.07) is 7.18. The van der Waals surface area contributed by atoms with Crippen molar-refractivity contribution in [1.29, 1.82) is 0 Å². The Hall–Kier alpha value is -2.34. The van der Waals surface area contributed by atoms with Gasteiger partial charge < -0.3 is 19.9 Å². The van der Waals surface area contributed by atoms with Crippen LogP contribution in [-0.4, -0.2) is 31.3 Å². The van der Waals surface area contributed by atoms with Gasteiger partial charge in [-0.05, 0) is 18.2 Å². The predicted octanol–water partition coefficient (Wildman–Crippen LogP) is 1.89. The third-order valence-electron chi connectivity index (χ3n) is 2.75. The second-order valence-corrected chi connectivity index (χ2v) is 4.09. The molecule has 0 radical (unpaired) electrons. The van der Waals surface area contributed by atoms with E-state index in [9.17, 15) is 0 Å². The van der Waals surface area contributed by atoms with Crippen molar-refractivity contribution >= 4 is 5.82 Å². The van der Waals surface area contributed by atoms with Crippen LogP contribution in [0.4, 0.5) is 5.82 Å². The zero-order chi connectivity index (χ0) is 14.5. The average Bonchev–Trinajstić information content (AvgIpc) is 2.46. The number of hydrogen-bond donors (Lipinski definition) is 1. The van der Waals surface area contributed by atoms with Crippen molar-refractivity contribution in [3.05, 3.63) is 30.1 Å². The summed E-state index contributed by atoms with van der Waals surface area (Å²) in [7, 11) is 4.79. The summed E-state index contributed by atoms with van der Waals surface area (Å²) in [5.74, 6) is 2.30. The fourth-order valence-corrected chi connectivity index (χ4v) is 1.86. The summed E-state index contributed by atoms with van der Waals surface area (Å²) < 4.78 is 15.6. The molecule has 0 amide bonds. The van der Waals surface area contributed by atoms with Crippen LogP contribution >= 0.6 is 0 Å². The number of anilines is 1. The Bertz CT molecular complexity index is 602. The van der Waals surface area contributed by atoms with Crippen LogP contribution in [0, 0.1) is 0 Å². The molecular formula is C14H17N3O3. The summed E-state index contributed by atoms with van der Waals surface area (Å²) in [6.45, 7) is 0.296. The van der Waals surface area contributed by atoms with Crippen molar-refractivity contribution in [2.75, 3.05) is 27.1 Å². The first-order valence-electron chi connectivity index (χ1n) is 6.02. The third-order valence-corrected chi connectivity index (χ3v) is 2.75. The molecule has 106 valence electrons. The lowest BCUT2D eigenvalue weighted by Gasteiger charge is -2.11. The van der Waals surface area contributed by atoms with Gasteiger partial charge in [0.25, 0.3) is 0 Å². The van der Waals surface area contributed by atoms with Crippen LogP contribution in [0.5, 0.6) is 11.5 Å². The van der Waals surface area contributed by atoms with Gasteiger partial charge >= 0.3 is 0 Å². The van der Waals surface area contributed by atoms with Gasteiger partial charge in [-0.15, -0.1) is 0 Å². The zero-order valence-corrected chi connectivity index (χ0v) is 11.7. The largest absolute Gasteiger partial charge is 0.497 e. The standard InChI is InChI=1S/C14H17N3O3/c1-18-8-14-16-11(7-13(15)17-14)10-6-9(19-2)4-5-12(10)20-3/h4-7H,8H2,1-3H3,(H2,15,16,17). The van der Waals surface area contributed by atoms with Gasteiger partial charge in [-0.25, -0.2) is 9.97 Å². The monoisotopic (exact) mass is 275 g/mol. The molecule has 1 heterocycles. The van der Waals surface area contributed by atoms with Gasteiger partial charge in [0.2, 0.25) is 0 Å². The van der Waals surface area contributed by atoms with E-state index in [1.54, 1.807) is 27.4 Å². The van der Waals surface area contributed by atoms with E-state index in [1.807, 2.05) is 18.2 Å². The van der Waals surface area contributed by atoms with Crippen molar-refractivity contribution in [2.45, 2.75) is 6.61 Å². The molecule has 0 saturated heterocycles. The number of nitrogens with zero attached hydrogens (tertiary/aromatic N) is 2. The van der Waals surface area contributed by atoms with E-state index in [-0.39, 0.29) is 0 Å². The smallest absolute Gasteiger partial charge is 0.157 e. The lowest BCUT2D eigenvalue weighted by atomic mass is 10.1. The highest BCUT2D eigenvalue weighted by Crippen LogP contribution is 2.32. The first-order valence-corrected chi connectivity index (χ1v) is 6.02. The first kappa shape index (κ1) is 14.1. The number of hydrogen-bond acceptors (Lipinski definition) is 6. The van der Waals surface area contributed by atoms with E-state index in [1.165, 1.54) is 0 Å². The number of rotatable bonds is 5. The highest BCUT2D eigenvalue weighted by Gasteiger charge is 2.11. The Morgan fingerprint density at radius 2 is 1.85 bits per heavy atom. The number of methoxy groups -OCH3 is 3. The third kappa shape index (κ3) is 2.97. The van der Waals surface area contributed by atoms with Gasteiger partial charge in [0.1, 0.15) is 23.9 Å². The van der Waals surface area contributed by atoms with E-state index >= 15 is 0 Å². The Morgan fingerprint density at radius 3 is 2.50 bits per heavy atom. The molecule has 0 spiro atoms. The molecule has 2 N–H and O–H groups in total. The lowest BCUT2D eigenvalue weighted by Crippen LogP contribution is -2.03. The molecule has 0 atom stereocenters. The first-order chi connectivity index (χ1) is 9.67. The minimum absolute atomic E-state index is 0.296. The molecule has 20 heavy (non-hydrogen) atoms. The highest BCUT2D eigenvalue weighted by molar-refractivity contribution is 5.70. The second kappa shape index (κ2) is 6.21. The Morgan fingerprint density at radius 1 is 1.05 bits per heavy atom. The summed E-state index contributed by atoms with van der Waals surface area (Å²) >= 11 is 0. The summed E-state index contributed by atoms with van der Waals surface area (Å²) in [6.07, 6.45) is 0. The Labute approximate surface area is 117 Å². The minimum Gasteiger partial charge on any atom is -0.497 e. The number of nitrogen functional groups attached to an aromatic ring is 1. The van der Waals surface area contributed by atoms with Crippen LogP contribution in [-0.2, 0) is 11.3 Å². The van der Waals surface area contributed by atoms with Gasteiger partial charge in [-0.3, -0.25) is 0 Å². The van der Waals surface area contributed by atoms with Gasteiger partial charge in [0, 0.05) is 18.7 Å². The zero-order valence-electron chi connectivity index (χ0n) is 11.7. The maximum absolute atomic E-state index is 5.81. The van der Waals surface area contributed by atoms with Crippen LogP contribution in [0.25, 0.3) is 11.3 Å². The fraction of sp³-hybridized carbons (Fsp3) is 0.286. The summed E-state index contributed by atoms with van der Waals surface area (Å²) in [5.41, 5.74) is 7.27. The second-order valence-electron chi connectivity index (χ2n) is 4.09. The Kier molecular flexibility index (Phi) is 4.37. The van der Waals surface area contributed by atoms with Crippen LogP contribution in [0.3, 0.4) is 0 Å². The molecule has 0 aliphatic rings. The minimum atomic E-state index is 0.296. The highest BCUT2D eigenvalue weighted by atomic mass is 16.5. The van der Waals surface area contributed by atoms with E-state index in [0.717, 1.165) is 5.56 Å². The van der Waals surface area contributed by atoms with Gasteiger partial charge in [-0.2, -0.15) is 0 Å². The lowest BCUT2D eigenvalue weighted by molar-refractivity contribution is 0.178. The normalized spacial score (nSPS) is 10.3. The maximum atomic E-state index is 5.81. The van der Waals surface area contributed by atoms with Crippen molar-refractivity contribution in [1.82, 2.24) is 9.97 Å². The van der Waals surface area contributed by atoms with E-state index in [2.05, 4.69) is 9.97 Å². The molecule has 0 saturated carbocycles. The SMILES string of the molecule is COCc1nc(N)cc(-c2cc(OC)ccc2OC)n1. The summed E-state index contributed by atoms with van der Waals surface area (Å²) in [4.78, 5) is 8.54. The number of ether oxygens (including phenoxy) is 3. The quantitative estimate of drug-likeness (QED) is 0.897. The molecule has 1 aromatic heterocycles. The fourth-order valence-electron chi connectivity index (χ4n) is 1.86. The van der Waals surface area contributed by atoms with Crippen molar-refractivity contribution < 1.29 is 14.2 Å². The van der Waals surface area contributed by atoms with Gasteiger partial charge in [0.15, 0.2) is 5.82 Å². The number of benzene rings is 1. The van der Waals surface area contributed by atoms with Crippen LogP contribution in [0.2, 0.25) is 0 Å². The average molecular weight is 275 g/mol. The molecule has 2 aromatic rings. The molecule has 2 rings (SSSR count). The van der Waals surface area contributed by atoms with Crippen LogP contribution in [0.15, 0.2) is 24.3 Å². The molecular weight excluding hydrogens is 258 g/mol. The molecule has 0 bridgehead atoms. The Balaban J connectivity index is 2.54. The maximum Gasteiger partial charge on any atom is 0.157 e. The molecule has 0 aliphatic heterocycles. The van der Waals surface area contributed by atoms with Gasteiger partial charge in [0.05, 0.1) is 19.9 Å². The van der Waals surface area contributed by atoms with E-state index in [0.29, 0.717) is 35.4 Å². The number of aromatic nitrogens is 2. The van der Waals surface area contributed by atoms with Gasteiger partial charge in [-0.1, -0.05) is 0 Å². The molecule has 0 aliphatic carbocycles. The number of nitrogens with two attached hydrogens (primary N) is 1. The molecule has 6 heteroatoms. The topological polar surface area (TPSA) is 79.5 Å². The summed E-state index contributed by atoms with van der Waals surface area (Å²) in [5, 5.41) is 0. The van der Waals surface area contributed by atoms with Crippen LogP contribution < -0.4 is 15.2 Å². The van der Waals surface area contributed by atoms with E-state index in [4.69, 9.17) is 19.9 Å². The van der Waals surface area contributed by atoms with Crippen LogP contribution in [0.1, 0.15) is 5.82 Å². The van der Waals surface area contributed by atoms with E-state index < -0.39 is 0 Å². The predicted molar refractivity (Wildman–Crippen MR) is 75.7 cm³/mol. The van der Waals surface area contributed by atoms with Crippen molar-refractivity contribution in [3.63, 3.8) is 0 Å². The molecule has 6 nitrogen and oxygen atoms in total. The van der Waals surface area contributed by atoms with Crippen molar-refractivity contribution in [3.8, 4) is 22.8 Å².